The normalized spacial score (nSPS) is 40.5. The predicted molar refractivity (Wildman–Crippen MR) is 60.6 cm³/mol. The van der Waals surface area contributed by atoms with Crippen molar-refractivity contribution in [2.75, 3.05) is 14.2 Å². The lowest BCUT2D eigenvalue weighted by molar-refractivity contribution is -0.0552. The van der Waals surface area contributed by atoms with Crippen LogP contribution < -0.4 is 0 Å². The summed E-state index contributed by atoms with van der Waals surface area (Å²) in [6.45, 7) is 4.53. The summed E-state index contributed by atoms with van der Waals surface area (Å²) in [5.41, 5.74) is 1.32. The molecule has 0 aromatic heterocycles. The molecule has 2 heteroatoms. The zero-order chi connectivity index (χ0) is 11.1. The van der Waals surface area contributed by atoms with Crippen molar-refractivity contribution in [3.63, 3.8) is 0 Å². The van der Waals surface area contributed by atoms with Crippen LogP contribution in [-0.2, 0) is 9.47 Å². The largest absolute Gasteiger partial charge is 0.501 e. The molecule has 3 atom stereocenters. The Balaban J connectivity index is 2.36. The Morgan fingerprint density at radius 2 is 2.07 bits per heavy atom. The van der Waals surface area contributed by atoms with Gasteiger partial charge in [0.25, 0.3) is 0 Å². The molecule has 0 spiro atoms. The standard InChI is InChI=1S/C13H22O2/c1-9-5-6-13(15-4)8-11(9)7-12(14-3)10(13)2/h9,11H,5-8H2,1-4H3. The number of rotatable bonds is 2. The fraction of sp³-hybridized carbons (Fsp3) is 0.846. The second kappa shape index (κ2) is 3.82. The summed E-state index contributed by atoms with van der Waals surface area (Å²) in [5, 5.41) is 0. The van der Waals surface area contributed by atoms with E-state index in [2.05, 4.69) is 13.8 Å². The molecule has 0 saturated heterocycles. The van der Waals surface area contributed by atoms with E-state index in [9.17, 15) is 0 Å². The van der Waals surface area contributed by atoms with Crippen LogP contribution in [0.15, 0.2) is 11.3 Å². The van der Waals surface area contributed by atoms with Gasteiger partial charge in [-0.2, -0.15) is 0 Å². The van der Waals surface area contributed by atoms with Gasteiger partial charge in [0.15, 0.2) is 0 Å². The summed E-state index contributed by atoms with van der Waals surface area (Å²) < 4.78 is 11.3. The summed E-state index contributed by atoms with van der Waals surface area (Å²) in [6.07, 6.45) is 4.73. The Morgan fingerprint density at radius 1 is 1.33 bits per heavy atom. The summed E-state index contributed by atoms with van der Waals surface area (Å²) in [6, 6.07) is 0. The second-order valence-corrected chi connectivity index (χ2v) is 5.14. The summed E-state index contributed by atoms with van der Waals surface area (Å²) >= 11 is 0. The SMILES string of the molecule is COC1=C(C)C2(OC)CCC(C)C(C1)C2. The average Bonchev–Trinajstić information content (AvgIpc) is 2.27. The van der Waals surface area contributed by atoms with Gasteiger partial charge in [-0.15, -0.1) is 0 Å². The van der Waals surface area contributed by atoms with Crippen molar-refractivity contribution in [3.8, 4) is 0 Å². The van der Waals surface area contributed by atoms with E-state index in [1.807, 2.05) is 7.11 Å². The Morgan fingerprint density at radius 3 is 2.67 bits per heavy atom. The van der Waals surface area contributed by atoms with Gasteiger partial charge in [-0.05, 0) is 43.6 Å². The summed E-state index contributed by atoms with van der Waals surface area (Å²) in [5.74, 6) is 2.73. The molecule has 3 unspecified atom stereocenters. The number of methoxy groups -OCH3 is 2. The van der Waals surface area contributed by atoms with E-state index >= 15 is 0 Å². The fourth-order valence-corrected chi connectivity index (χ4v) is 3.26. The molecule has 2 aliphatic carbocycles. The maximum absolute atomic E-state index is 5.80. The molecule has 0 heterocycles. The monoisotopic (exact) mass is 210 g/mol. The number of allylic oxidation sites excluding steroid dienone is 1. The van der Waals surface area contributed by atoms with Gasteiger partial charge >= 0.3 is 0 Å². The fourth-order valence-electron chi connectivity index (χ4n) is 3.26. The van der Waals surface area contributed by atoms with Crippen LogP contribution in [0.25, 0.3) is 0 Å². The highest BCUT2D eigenvalue weighted by atomic mass is 16.5. The Labute approximate surface area is 92.6 Å². The summed E-state index contributed by atoms with van der Waals surface area (Å²) in [4.78, 5) is 0. The second-order valence-electron chi connectivity index (χ2n) is 5.14. The van der Waals surface area contributed by atoms with Crippen molar-refractivity contribution in [2.24, 2.45) is 11.8 Å². The first-order valence-corrected chi connectivity index (χ1v) is 5.92. The molecule has 86 valence electrons. The van der Waals surface area contributed by atoms with Crippen LogP contribution in [0.1, 0.15) is 39.5 Å². The van der Waals surface area contributed by atoms with Gasteiger partial charge in [0.1, 0.15) is 0 Å². The Bertz CT molecular complexity index is 282. The zero-order valence-electron chi connectivity index (χ0n) is 10.3. The van der Waals surface area contributed by atoms with Gasteiger partial charge in [0.05, 0.1) is 18.5 Å². The molecule has 0 aromatic rings. The van der Waals surface area contributed by atoms with Crippen molar-refractivity contribution < 1.29 is 9.47 Å². The van der Waals surface area contributed by atoms with Crippen LogP contribution >= 0.6 is 0 Å². The molecule has 15 heavy (non-hydrogen) atoms. The van der Waals surface area contributed by atoms with E-state index in [1.165, 1.54) is 24.2 Å². The molecule has 0 aliphatic heterocycles. The van der Waals surface area contributed by atoms with Gasteiger partial charge in [-0.1, -0.05) is 6.92 Å². The van der Waals surface area contributed by atoms with Crippen LogP contribution in [0.5, 0.6) is 0 Å². The Kier molecular flexibility index (Phi) is 2.80. The van der Waals surface area contributed by atoms with E-state index in [-0.39, 0.29) is 5.60 Å². The highest BCUT2D eigenvalue weighted by molar-refractivity contribution is 5.25. The third-order valence-corrected chi connectivity index (χ3v) is 4.59. The van der Waals surface area contributed by atoms with Crippen LogP contribution in [0.2, 0.25) is 0 Å². The van der Waals surface area contributed by atoms with E-state index in [4.69, 9.17) is 9.47 Å². The summed E-state index contributed by atoms with van der Waals surface area (Å²) in [7, 11) is 3.63. The molecule has 2 rings (SSSR count). The molecule has 0 amide bonds. The topological polar surface area (TPSA) is 18.5 Å². The first-order valence-electron chi connectivity index (χ1n) is 5.92. The molecule has 2 aliphatic rings. The van der Waals surface area contributed by atoms with E-state index in [0.717, 1.165) is 24.7 Å². The van der Waals surface area contributed by atoms with Crippen molar-refractivity contribution in [2.45, 2.75) is 45.1 Å². The van der Waals surface area contributed by atoms with Crippen molar-refractivity contribution >= 4 is 0 Å². The highest BCUT2D eigenvalue weighted by Crippen LogP contribution is 2.49. The minimum absolute atomic E-state index is 0.0131. The lowest BCUT2D eigenvalue weighted by Gasteiger charge is -2.47. The molecule has 1 fully saturated rings. The average molecular weight is 210 g/mol. The molecular formula is C13H22O2. The van der Waals surface area contributed by atoms with Crippen LogP contribution in [0, 0.1) is 11.8 Å². The third kappa shape index (κ3) is 1.59. The lowest BCUT2D eigenvalue weighted by Crippen LogP contribution is -2.45. The zero-order valence-corrected chi connectivity index (χ0v) is 10.3. The van der Waals surface area contributed by atoms with E-state index in [1.54, 1.807) is 7.11 Å². The molecule has 0 radical (unpaired) electrons. The first-order chi connectivity index (χ1) is 7.13. The minimum Gasteiger partial charge on any atom is -0.501 e. The number of ether oxygens (including phenoxy) is 2. The lowest BCUT2D eigenvalue weighted by atomic mass is 9.64. The number of hydrogen-bond acceptors (Lipinski definition) is 2. The maximum atomic E-state index is 5.80. The molecule has 0 N–H and O–H groups in total. The van der Waals surface area contributed by atoms with Gasteiger partial charge in [0, 0.05) is 13.5 Å². The van der Waals surface area contributed by atoms with Crippen LogP contribution in [-0.4, -0.2) is 19.8 Å². The van der Waals surface area contributed by atoms with Crippen LogP contribution in [0.4, 0.5) is 0 Å². The smallest absolute Gasteiger partial charge is 0.0976 e. The quantitative estimate of drug-likeness (QED) is 0.697. The van der Waals surface area contributed by atoms with Crippen molar-refractivity contribution in [1.29, 1.82) is 0 Å². The molecule has 2 nitrogen and oxygen atoms in total. The molecule has 2 bridgehead atoms. The van der Waals surface area contributed by atoms with Gasteiger partial charge in [-0.3, -0.25) is 0 Å². The highest BCUT2D eigenvalue weighted by Gasteiger charge is 2.45. The van der Waals surface area contributed by atoms with Crippen LogP contribution in [0.3, 0.4) is 0 Å². The molecule has 0 aromatic carbocycles. The third-order valence-electron chi connectivity index (χ3n) is 4.59. The van der Waals surface area contributed by atoms with Gasteiger partial charge in [-0.25, -0.2) is 0 Å². The van der Waals surface area contributed by atoms with Crippen molar-refractivity contribution in [3.05, 3.63) is 11.3 Å². The number of hydrogen-bond donors (Lipinski definition) is 0. The van der Waals surface area contributed by atoms with E-state index in [0.29, 0.717) is 0 Å². The Hall–Kier alpha value is -0.500. The molecule has 1 saturated carbocycles. The van der Waals surface area contributed by atoms with Crippen molar-refractivity contribution in [1.82, 2.24) is 0 Å². The molecular weight excluding hydrogens is 188 g/mol. The predicted octanol–water partition coefficient (Wildman–Crippen LogP) is 3.13. The minimum atomic E-state index is -0.0131. The van der Waals surface area contributed by atoms with E-state index < -0.39 is 0 Å². The first kappa shape index (κ1) is 11.0. The number of fused-ring (bicyclic) bond motifs is 2. The van der Waals surface area contributed by atoms with Gasteiger partial charge < -0.3 is 9.47 Å². The van der Waals surface area contributed by atoms with Gasteiger partial charge in [0.2, 0.25) is 0 Å². The maximum Gasteiger partial charge on any atom is 0.0976 e.